The summed E-state index contributed by atoms with van der Waals surface area (Å²) in [4.78, 5) is 15.0. The molecule has 0 radical (unpaired) electrons. The number of carboxylic acid groups (broad SMARTS) is 1. The van der Waals surface area contributed by atoms with Crippen LogP contribution in [0.15, 0.2) is 18.3 Å². The Kier molecular flexibility index (Phi) is 5.26. The van der Waals surface area contributed by atoms with Crippen molar-refractivity contribution >= 4 is 11.7 Å². The molecule has 0 aliphatic carbocycles. The first-order valence-corrected chi connectivity index (χ1v) is 5.75. The monoisotopic (exact) mass is 238 g/mol. The molecule has 1 atom stereocenters. The van der Waals surface area contributed by atoms with E-state index in [1.165, 1.54) is 0 Å². The Morgan fingerprint density at radius 1 is 1.53 bits per heavy atom. The molecule has 0 bridgehead atoms. The number of carbonyl (C=O) groups is 1. The molecule has 1 unspecified atom stereocenters. The summed E-state index contributed by atoms with van der Waals surface area (Å²) in [7, 11) is 0. The number of pyridine rings is 1. The maximum atomic E-state index is 11.0. The van der Waals surface area contributed by atoms with Gasteiger partial charge in [0.1, 0.15) is 6.04 Å². The van der Waals surface area contributed by atoms with E-state index < -0.39 is 12.0 Å². The largest absolute Gasteiger partial charge is 0.480 e. The molecule has 0 saturated heterocycles. The predicted molar refractivity (Wildman–Crippen MR) is 65.4 cm³/mol. The fourth-order valence-electron chi connectivity index (χ4n) is 1.45. The normalized spacial score (nSPS) is 11.9. The minimum absolute atomic E-state index is 0.542. The van der Waals surface area contributed by atoms with E-state index >= 15 is 0 Å². The lowest BCUT2D eigenvalue weighted by Gasteiger charge is -2.14. The number of carboxylic acids is 1. The fourth-order valence-corrected chi connectivity index (χ4v) is 1.45. The summed E-state index contributed by atoms with van der Waals surface area (Å²) in [6.07, 6.45) is 2.98. The lowest BCUT2D eigenvalue weighted by molar-refractivity contribution is -0.138. The molecule has 0 spiro atoms. The second kappa shape index (κ2) is 6.73. The predicted octanol–water partition coefficient (Wildman–Crippen LogP) is 2.15. The quantitative estimate of drug-likeness (QED) is 0.761. The standard InChI is InChI=1S/C12H18N2O3/c1-3-5-10(12(15)16)14-9-6-7-11(13-8-9)17-4-2/h6-8,10,14H,3-5H2,1-2H3,(H,15,16). The number of aliphatic carboxylic acids is 1. The molecule has 0 fully saturated rings. The van der Waals surface area contributed by atoms with E-state index in [-0.39, 0.29) is 0 Å². The van der Waals surface area contributed by atoms with E-state index in [0.717, 1.165) is 6.42 Å². The van der Waals surface area contributed by atoms with Crippen LogP contribution < -0.4 is 10.1 Å². The van der Waals surface area contributed by atoms with Gasteiger partial charge < -0.3 is 15.2 Å². The van der Waals surface area contributed by atoms with E-state index in [1.54, 1.807) is 18.3 Å². The minimum Gasteiger partial charge on any atom is -0.480 e. The molecule has 0 saturated carbocycles. The molecule has 1 heterocycles. The molecule has 2 N–H and O–H groups in total. The number of anilines is 1. The maximum absolute atomic E-state index is 11.0. The van der Waals surface area contributed by atoms with Crippen molar-refractivity contribution in [3.8, 4) is 5.88 Å². The lowest BCUT2D eigenvalue weighted by Crippen LogP contribution is -2.28. The van der Waals surface area contributed by atoms with Crippen molar-refractivity contribution in [2.24, 2.45) is 0 Å². The highest BCUT2D eigenvalue weighted by atomic mass is 16.5. The van der Waals surface area contributed by atoms with Gasteiger partial charge in [-0.2, -0.15) is 0 Å². The zero-order valence-electron chi connectivity index (χ0n) is 10.1. The van der Waals surface area contributed by atoms with Gasteiger partial charge in [0.25, 0.3) is 0 Å². The van der Waals surface area contributed by atoms with Crippen molar-refractivity contribution in [3.63, 3.8) is 0 Å². The third-order valence-electron chi connectivity index (χ3n) is 2.24. The molecule has 0 aromatic carbocycles. The number of hydrogen-bond acceptors (Lipinski definition) is 4. The van der Waals surface area contributed by atoms with E-state index in [9.17, 15) is 4.79 Å². The summed E-state index contributed by atoms with van der Waals surface area (Å²) in [6, 6.07) is 2.92. The van der Waals surface area contributed by atoms with Gasteiger partial charge in [-0.05, 0) is 19.4 Å². The number of hydrogen-bond donors (Lipinski definition) is 2. The Labute approximate surface area is 101 Å². The van der Waals surface area contributed by atoms with Crippen molar-refractivity contribution < 1.29 is 14.6 Å². The van der Waals surface area contributed by atoms with E-state index in [4.69, 9.17) is 9.84 Å². The van der Waals surface area contributed by atoms with Crippen LogP contribution in [0.3, 0.4) is 0 Å². The average molecular weight is 238 g/mol. The molecular weight excluding hydrogens is 220 g/mol. The van der Waals surface area contributed by atoms with Gasteiger partial charge in [0.15, 0.2) is 0 Å². The highest BCUT2D eigenvalue weighted by Gasteiger charge is 2.15. The number of rotatable bonds is 7. The van der Waals surface area contributed by atoms with Gasteiger partial charge in [-0.15, -0.1) is 0 Å². The second-order valence-corrected chi connectivity index (χ2v) is 3.64. The zero-order chi connectivity index (χ0) is 12.7. The van der Waals surface area contributed by atoms with Crippen LogP contribution in [-0.4, -0.2) is 28.7 Å². The average Bonchev–Trinajstić information content (AvgIpc) is 2.31. The molecule has 0 aliphatic heterocycles. The first kappa shape index (κ1) is 13.3. The summed E-state index contributed by atoms with van der Waals surface area (Å²) in [6.45, 7) is 4.40. The molecule has 0 aliphatic rings. The maximum Gasteiger partial charge on any atom is 0.326 e. The summed E-state index contributed by atoms with van der Waals surface area (Å²) in [5.41, 5.74) is 0.689. The Morgan fingerprint density at radius 2 is 2.29 bits per heavy atom. The van der Waals surface area contributed by atoms with Crippen molar-refractivity contribution in [2.75, 3.05) is 11.9 Å². The highest BCUT2D eigenvalue weighted by Crippen LogP contribution is 2.14. The van der Waals surface area contributed by atoms with E-state index in [2.05, 4.69) is 10.3 Å². The number of nitrogens with zero attached hydrogens (tertiary/aromatic N) is 1. The van der Waals surface area contributed by atoms with Gasteiger partial charge in [-0.25, -0.2) is 9.78 Å². The molecule has 1 aromatic heterocycles. The van der Waals surface area contributed by atoms with Crippen LogP contribution in [0.25, 0.3) is 0 Å². The van der Waals surface area contributed by atoms with Crippen molar-refractivity contribution in [1.82, 2.24) is 4.98 Å². The van der Waals surface area contributed by atoms with Crippen LogP contribution in [0.2, 0.25) is 0 Å². The van der Waals surface area contributed by atoms with Crippen molar-refractivity contribution in [3.05, 3.63) is 18.3 Å². The molecule has 17 heavy (non-hydrogen) atoms. The lowest BCUT2D eigenvalue weighted by atomic mass is 10.1. The van der Waals surface area contributed by atoms with Crippen LogP contribution in [-0.2, 0) is 4.79 Å². The van der Waals surface area contributed by atoms with Gasteiger partial charge in [0, 0.05) is 6.07 Å². The van der Waals surface area contributed by atoms with Crippen LogP contribution in [0, 0.1) is 0 Å². The Hall–Kier alpha value is -1.78. The van der Waals surface area contributed by atoms with E-state index in [1.807, 2.05) is 13.8 Å². The number of ether oxygens (including phenoxy) is 1. The van der Waals surface area contributed by atoms with Gasteiger partial charge in [-0.1, -0.05) is 13.3 Å². The SMILES string of the molecule is CCCC(Nc1ccc(OCC)nc1)C(=O)O. The van der Waals surface area contributed by atoms with Gasteiger partial charge in [0.05, 0.1) is 18.5 Å². The Bertz CT molecular complexity index is 351. The topological polar surface area (TPSA) is 71.5 Å². The highest BCUT2D eigenvalue weighted by molar-refractivity contribution is 5.77. The minimum atomic E-state index is -0.847. The first-order chi connectivity index (χ1) is 8.17. The second-order valence-electron chi connectivity index (χ2n) is 3.64. The Balaban J connectivity index is 2.63. The fraction of sp³-hybridized carbons (Fsp3) is 0.500. The Morgan fingerprint density at radius 3 is 2.76 bits per heavy atom. The molecular formula is C12H18N2O3. The molecule has 1 rings (SSSR count). The molecule has 1 aromatic rings. The molecule has 94 valence electrons. The zero-order valence-corrected chi connectivity index (χ0v) is 10.1. The van der Waals surface area contributed by atoms with Crippen LogP contribution in [0.5, 0.6) is 5.88 Å². The summed E-state index contributed by atoms with van der Waals surface area (Å²) in [5, 5.41) is 11.9. The first-order valence-electron chi connectivity index (χ1n) is 5.75. The third kappa shape index (κ3) is 4.30. The third-order valence-corrected chi connectivity index (χ3v) is 2.24. The van der Waals surface area contributed by atoms with Gasteiger partial charge in [-0.3, -0.25) is 0 Å². The number of nitrogens with one attached hydrogen (secondary N) is 1. The van der Waals surface area contributed by atoms with Crippen molar-refractivity contribution in [2.45, 2.75) is 32.7 Å². The van der Waals surface area contributed by atoms with Crippen LogP contribution in [0.4, 0.5) is 5.69 Å². The molecule has 5 nitrogen and oxygen atoms in total. The van der Waals surface area contributed by atoms with Gasteiger partial charge in [0.2, 0.25) is 5.88 Å². The number of aromatic nitrogens is 1. The summed E-state index contributed by atoms with van der Waals surface area (Å²) < 4.78 is 5.21. The van der Waals surface area contributed by atoms with E-state index in [0.29, 0.717) is 24.6 Å². The smallest absolute Gasteiger partial charge is 0.326 e. The van der Waals surface area contributed by atoms with Crippen LogP contribution >= 0.6 is 0 Å². The van der Waals surface area contributed by atoms with Gasteiger partial charge >= 0.3 is 5.97 Å². The van der Waals surface area contributed by atoms with Crippen molar-refractivity contribution in [1.29, 1.82) is 0 Å². The van der Waals surface area contributed by atoms with Crippen LogP contribution in [0.1, 0.15) is 26.7 Å². The molecule has 5 heteroatoms. The molecule has 0 amide bonds. The summed E-state index contributed by atoms with van der Waals surface area (Å²) in [5.74, 6) is -0.304. The summed E-state index contributed by atoms with van der Waals surface area (Å²) >= 11 is 0.